The molecule has 1 saturated heterocycles. The van der Waals surface area contributed by atoms with Gasteiger partial charge in [0.25, 0.3) is 5.79 Å². The van der Waals surface area contributed by atoms with E-state index < -0.39 is 17.7 Å². The zero-order valence-electron chi connectivity index (χ0n) is 20.3. The molecule has 1 saturated carbocycles. The van der Waals surface area contributed by atoms with E-state index in [1.165, 1.54) is 32.1 Å². The highest BCUT2D eigenvalue weighted by atomic mass is 35.5. The van der Waals surface area contributed by atoms with Gasteiger partial charge in [-0.25, -0.2) is 0 Å². The Morgan fingerprint density at radius 2 is 1.83 bits per heavy atom. The van der Waals surface area contributed by atoms with Gasteiger partial charge in [-0.2, -0.15) is 0 Å². The van der Waals surface area contributed by atoms with Gasteiger partial charge in [-0.05, 0) is 61.6 Å². The summed E-state index contributed by atoms with van der Waals surface area (Å²) in [5.74, 6) is -1.87. The lowest BCUT2D eigenvalue weighted by Crippen LogP contribution is -2.43. The molecule has 2 aromatic rings. The third-order valence-corrected chi connectivity index (χ3v) is 7.52. The van der Waals surface area contributed by atoms with E-state index in [0.29, 0.717) is 29.5 Å². The summed E-state index contributed by atoms with van der Waals surface area (Å²) in [5, 5.41) is 7.45. The van der Waals surface area contributed by atoms with Gasteiger partial charge < -0.3 is 20.1 Å². The Morgan fingerprint density at radius 1 is 1.06 bits per heavy atom. The van der Waals surface area contributed by atoms with Crippen LogP contribution >= 0.6 is 11.6 Å². The number of hydrogen-bond acceptors (Lipinski definition) is 7. The number of halogens is 1. The monoisotopic (exact) mass is 509 g/mol. The molecule has 1 aliphatic carbocycles. The number of ether oxygens (including phenoxy) is 2. The van der Waals surface area contributed by atoms with Crippen LogP contribution in [0.25, 0.3) is 0 Å². The van der Waals surface area contributed by atoms with Crippen LogP contribution < -0.4 is 10.6 Å². The molecule has 1 aromatic carbocycles. The van der Waals surface area contributed by atoms with Crippen molar-refractivity contribution in [3.05, 3.63) is 70.5 Å². The van der Waals surface area contributed by atoms with E-state index in [1.807, 2.05) is 18.2 Å². The molecule has 2 N–H and O–H groups in total. The molecule has 0 bridgehead atoms. The Kier molecular flexibility index (Phi) is 7.58. The molecule has 2 aliphatic heterocycles. The summed E-state index contributed by atoms with van der Waals surface area (Å²) in [6, 6.07) is 9.23. The fourth-order valence-electron chi connectivity index (χ4n) is 5.36. The molecule has 5 rings (SSSR count). The van der Waals surface area contributed by atoms with Crippen molar-refractivity contribution in [2.24, 2.45) is 5.92 Å². The molecule has 1 atom stereocenters. The smallest absolute Gasteiger partial charge is 0.309 e. The molecule has 0 radical (unpaired) electrons. The fraction of sp³-hybridized carbons (Fsp3) is 0.464. The van der Waals surface area contributed by atoms with Crippen molar-refractivity contribution in [3.8, 4) is 0 Å². The van der Waals surface area contributed by atoms with Crippen molar-refractivity contribution < 1.29 is 19.1 Å². The van der Waals surface area contributed by atoms with E-state index in [0.717, 1.165) is 16.9 Å². The molecule has 1 aromatic heterocycles. The molecule has 3 aliphatic rings. The van der Waals surface area contributed by atoms with E-state index in [9.17, 15) is 9.59 Å². The number of hydrogen-bond donors (Lipinski definition) is 2. The van der Waals surface area contributed by atoms with Gasteiger partial charge in [0, 0.05) is 11.8 Å². The number of nitrogens with one attached hydrogen (secondary N) is 2. The summed E-state index contributed by atoms with van der Waals surface area (Å²) in [4.78, 5) is 29.5. The minimum atomic E-state index is -1.52. The zero-order chi connectivity index (χ0) is 25.0. The largest absolute Gasteiger partial charge is 0.416 e. The van der Waals surface area contributed by atoms with Crippen molar-refractivity contribution in [2.45, 2.75) is 63.2 Å². The maximum absolute atomic E-state index is 12.4. The number of aromatic nitrogens is 1. The van der Waals surface area contributed by atoms with Gasteiger partial charge in [-0.3, -0.25) is 14.6 Å². The number of benzene rings is 1. The second-order valence-electron chi connectivity index (χ2n) is 9.74. The molecular formula is C28H32ClN3O4. The number of allylic oxidation sites excluding steroid dienone is 1. The van der Waals surface area contributed by atoms with Gasteiger partial charge >= 0.3 is 11.9 Å². The predicted molar refractivity (Wildman–Crippen MR) is 137 cm³/mol. The topological polar surface area (TPSA) is 89.6 Å². The number of esters is 2. The molecule has 3 heterocycles. The first kappa shape index (κ1) is 24.8. The maximum Gasteiger partial charge on any atom is 0.309 e. The lowest BCUT2D eigenvalue weighted by atomic mass is 9.88. The lowest BCUT2D eigenvalue weighted by Gasteiger charge is -2.32. The van der Waals surface area contributed by atoms with Gasteiger partial charge in [-0.15, -0.1) is 0 Å². The summed E-state index contributed by atoms with van der Waals surface area (Å²) >= 11 is 6.77. The number of nitrogens with zero attached hydrogens (tertiary/aromatic N) is 1. The Labute approximate surface area is 216 Å². The molecule has 36 heavy (non-hydrogen) atoms. The Hall–Kier alpha value is -2.90. The highest BCUT2D eigenvalue weighted by molar-refractivity contribution is 6.33. The van der Waals surface area contributed by atoms with Crippen LogP contribution in [-0.4, -0.2) is 30.0 Å². The van der Waals surface area contributed by atoms with E-state index >= 15 is 0 Å². The summed E-state index contributed by atoms with van der Waals surface area (Å²) in [6.07, 6.45) is 13.2. The predicted octanol–water partition coefficient (Wildman–Crippen LogP) is 5.20. The Balaban J connectivity index is 1.54. The molecule has 8 heteroatoms. The van der Waals surface area contributed by atoms with Crippen molar-refractivity contribution >= 4 is 29.2 Å². The van der Waals surface area contributed by atoms with Gasteiger partial charge in [0.2, 0.25) is 0 Å². The number of rotatable bonds is 5. The molecule has 2 fully saturated rings. The van der Waals surface area contributed by atoms with Crippen LogP contribution in [0, 0.1) is 5.92 Å². The van der Waals surface area contributed by atoms with Crippen LogP contribution in [0.15, 0.2) is 48.7 Å². The lowest BCUT2D eigenvalue weighted by molar-refractivity contribution is -0.225. The van der Waals surface area contributed by atoms with Gasteiger partial charge in [-0.1, -0.05) is 49.1 Å². The number of anilines is 1. The summed E-state index contributed by atoms with van der Waals surface area (Å²) < 4.78 is 11.6. The molecule has 190 valence electrons. The quantitative estimate of drug-likeness (QED) is 0.422. The summed E-state index contributed by atoms with van der Waals surface area (Å²) in [6.45, 7) is 0.800. The van der Waals surface area contributed by atoms with Gasteiger partial charge in [0.15, 0.2) is 0 Å². The first-order chi connectivity index (χ1) is 17.5. The highest BCUT2D eigenvalue weighted by Gasteiger charge is 2.46. The Bertz CT molecular complexity index is 1110. The minimum absolute atomic E-state index is 0.00231. The van der Waals surface area contributed by atoms with Crippen LogP contribution in [-0.2, 0) is 31.3 Å². The van der Waals surface area contributed by atoms with Crippen LogP contribution in [0.3, 0.4) is 0 Å². The van der Waals surface area contributed by atoms with Crippen LogP contribution in [0.5, 0.6) is 0 Å². The van der Waals surface area contributed by atoms with Gasteiger partial charge in [0.05, 0.1) is 41.8 Å². The van der Waals surface area contributed by atoms with Crippen LogP contribution in [0.4, 0.5) is 5.69 Å². The average molecular weight is 510 g/mol. The van der Waals surface area contributed by atoms with E-state index in [1.54, 1.807) is 18.3 Å². The number of fused-ring (bicyclic) bond motifs is 2. The van der Waals surface area contributed by atoms with E-state index in [4.69, 9.17) is 21.1 Å². The zero-order valence-corrected chi connectivity index (χ0v) is 21.1. The Morgan fingerprint density at radius 3 is 2.56 bits per heavy atom. The van der Waals surface area contributed by atoms with E-state index in [-0.39, 0.29) is 25.4 Å². The molecule has 1 unspecified atom stereocenters. The molecule has 0 amide bonds. The fourth-order valence-corrected chi connectivity index (χ4v) is 5.59. The standard InChI is InChI=1S/C28H32ClN3O4/c29-22-11-10-21-20(15-17-30-18-28(21)35-25(33)13-14-26(34)36-28)27(22)32-24(23-8-4-5-16-31-23)12-9-19-6-2-1-3-7-19/h4-5,8-12,16,19,24,30,32H,1-3,6-7,13-15,17-18H2/b12-9-. The molecular weight excluding hydrogens is 478 g/mol. The number of carbonyl (C=O) groups is 2. The van der Waals surface area contributed by atoms with Crippen LogP contribution in [0.2, 0.25) is 5.02 Å². The maximum atomic E-state index is 12.4. The first-order valence-corrected chi connectivity index (χ1v) is 13.2. The van der Waals surface area contributed by atoms with Crippen molar-refractivity contribution in [3.63, 3.8) is 0 Å². The van der Waals surface area contributed by atoms with Crippen molar-refractivity contribution in [1.82, 2.24) is 10.3 Å². The second kappa shape index (κ2) is 11.0. The van der Waals surface area contributed by atoms with Gasteiger partial charge in [0.1, 0.15) is 0 Å². The SMILES string of the molecule is O=C1CCC(=O)OC2(CNCCc3c2ccc(Cl)c3NC(/C=C\C2CCCCC2)c2ccccn2)O1. The van der Waals surface area contributed by atoms with Crippen molar-refractivity contribution in [1.29, 1.82) is 0 Å². The second-order valence-corrected chi connectivity index (χ2v) is 10.1. The normalized spacial score (nSPS) is 21.2. The van der Waals surface area contributed by atoms with E-state index in [2.05, 4.69) is 27.8 Å². The van der Waals surface area contributed by atoms with Crippen LogP contribution in [0.1, 0.15) is 67.8 Å². The van der Waals surface area contributed by atoms with Crippen molar-refractivity contribution in [2.75, 3.05) is 18.4 Å². The minimum Gasteiger partial charge on any atom is -0.416 e. The molecule has 1 spiro atoms. The third kappa shape index (κ3) is 5.42. The summed E-state index contributed by atoms with van der Waals surface area (Å²) in [5.41, 5.74) is 3.12. The summed E-state index contributed by atoms with van der Waals surface area (Å²) in [7, 11) is 0. The highest BCUT2D eigenvalue weighted by Crippen LogP contribution is 2.41. The first-order valence-electron chi connectivity index (χ1n) is 12.9. The molecule has 7 nitrogen and oxygen atoms in total. The number of carbonyl (C=O) groups excluding carboxylic acids is 2. The number of pyridine rings is 1. The third-order valence-electron chi connectivity index (χ3n) is 7.20. The average Bonchev–Trinajstić information content (AvgIpc) is 3.16.